The normalized spacial score (nSPS) is 17.9. The van der Waals surface area contributed by atoms with Crippen molar-refractivity contribution in [2.45, 2.75) is 19.5 Å². The fourth-order valence-electron chi connectivity index (χ4n) is 4.42. The lowest BCUT2D eigenvalue weighted by Crippen LogP contribution is -2.49. The van der Waals surface area contributed by atoms with E-state index in [2.05, 4.69) is 0 Å². The van der Waals surface area contributed by atoms with Crippen LogP contribution in [-0.2, 0) is 20.9 Å². The Morgan fingerprint density at radius 1 is 0.938 bits per heavy atom. The van der Waals surface area contributed by atoms with Gasteiger partial charge in [-0.25, -0.2) is 4.98 Å². The molecular weight excluding hydrogens is 402 g/mol. The smallest absolute Gasteiger partial charge is 0.321 e. The number of para-hydroxylation sites is 2. The van der Waals surface area contributed by atoms with Crippen LogP contribution in [0.1, 0.15) is 24.1 Å². The molecule has 1 aliphatic rings. The molecule has 0 spiro atoms. The molecule has 1 aliphatic heterocycles. The Bertz CT molecular complexity index is 1270. The topological polar surface area (TPSA) is 64.4 Å². The summed E-state index contributed by atoms with van der Waals surface area (Å²) < 4.78 is 7.40. The lowest BCUT2D eigenvalue weighted by atomic mass is 9.89. The molecule has 5 rings (SSSR count). The minimum Gasteiger partial charge on any atom is -0.465 e. The van der Waals surface area contributed by atoms with Gasteiger partial charge in [-0.3, -0.25) is 14.5 Å². The number of carbonyl (C=O) groups is 2. The van der Waals surface area contributed by atoms with Crippen molar-refractivity contribution in [3.63, 3.8) is 0 Å². The molecule has 0 unspecified atom stereocenters. The van der Waals surface area contributed by atoms with Crippen molar-refractivity contribution in [3.05, 3.63) is 96.1 Å². The molecule has 0 aliphatic carbocycles. The molecule has 0 saturated heterocycles. The van der Waals surface area contributed by atoms with Gasteiger partial charge in [0.15, 0.2) is 5.92 Å². The molecule has 2 atom stereocenters. The van der Waals surface area contributed by atoms with Crippen molar-refractivity contribution in [2.24, 2.45) is 5.92 Å². The van der Waals surface area contributed by atoms with Gasteiger partial charge >= 0.3 is 5.97 Å². The fraction of sp³-hybridized carbons (Fsp3) is 0.192. The number of anilines is 1. The Morgan fingerprint density at radius 2 is 1.59 bits per heavy atom. The Labute approximate surface area is 186 Å². The number of aromatic nitrogens is 2. The number of rotatable bonds is 5. The molecule has 1 amide bonds. The molecule has 0 bridgehead atoms. The molecule has 0 radical (unpaired) electrons. The highest BCUT2D eigenvalue weighted by Crippen LogP contribution is 2.41. The Hall–Kier alpha value is -3.93. The summed E-state index contributed by atoms with van der Waals surface area (Å²) in [5, 5.41) is 0. The highest BCUT2D eigenvalue weighted by Gasteiger charge is 2.47. The number of fused-ring (bicyclic) bond motifs is 3. The van der Waals surface area contributed by atoms with Gasteiger partial charge in [-0.2, -0.15) is 0 Å². The predicted octanol–water partition coefficient (Wildman–Crippen LogP) is 4.35. The van der Waals surface area contributed by atoms with Crippen LogP contribution in [0.4, 0.5) is 5.95 Å². The molecule has 4 aromatic rings. The second-order valence-corrected chi connectivity index (χ2v) is 7.77. The Morgan fingerprint density at radius 3 is 2.31 bits per heavy atom. The minimum atomic E-state index is -1.01. The van der Waals surface area contributed by atoms with Crippen molar-refractivity contribution >= 4 is 28.9 Å². The summed E-state index contributed by atoms with van der Waals surface area (Å²) >= 11 is 0. The van der Waals surface area contributed by atoms with Crippen LogP contribution in [0.15, 0.2) is 84.9 Å². The van der Waals surface area contributed by atoms with Gasteiger partial charge in [0.05, 0.1) is 30.2 Å². The number of carbonyl (C=O) groups excluding carboxylic acids is 2. The third-order valence-electron chi connectivity index (χ3n) is 5.81. The van der Waals surface area contributed by atoms with E-state index in [4.69, 9.17) is 9.72 Å². The van der Waals surface area contributed by atoms with Crippen LogP contribution in [0.25, 0.3) is 11.0 Å². The molecule has 6 heteroatoms. The quantitative estimate of drug-likeness (QED) is 0.352. The summed E-state index contributed by atoms with van der Waals surface area (Å²) in [5.74, 6) is -1.29. The molecule has 32 heavy (non-hydrogen) atoms. The maximum Gasteiger partial charge on any atom is 0.321 e. The van der Waals surface area contributed by atoms with E-state index in [1.807, 2.05) is 89.5 Å². The maximum absolute atomic E-state index is 13.8. The first-order chi connectivity index (χ1) is 15.7. The number of imidazole rings is 1. The van der Waals surface area contributed by atoms with Gasteiger partial charge < -0.3 is 9.30 Å². The van der Waals surface area contributed by atoms with Crippen LogP contribution in [-0.4, -0.2) is 28.0 Å². The van der Waals surface area contributed by atoms with Gasteiger partial charge in [0.2, 0.25) is 11.9 Å². The largest absolute Gasteiger partial charge is 0.465 e. The number of ether oxygens (including phenoxy) is 1. The second kappa shape index (κ2) is 8.30. The zero-order valence-electron chi connectivity index (χ0n) is 17.7. The molecule has 0 saturated carbocycles. The van der Waals surface area contributed by atoms with E-state index in [-0.39, 0.29) is 12.5 Å². The number of hydrogen-bond acceptors (Lipinski definition) is 4. The summed E-state index contributed by atoms with van der Waals surface area (Å²) in [6.07, 6.45) is 0. The average molecular weight is 425 g/mol. The summed E-state index contributed by atoms with van der Waals surface area (Å²) in [6.45, 7) is 2.28. The number of benzene rings is 3. The molecular formula is C26H23N3O3. The molecule has 160 valence electrons. The van der Waals surface area contributed by atoms with Crippen molar-refractivity contribution in [3.8, 4) is 0 Å². The fourth-order valence-corrected chi connectivity index (χ4v) is 4.42. The first kappa shape index (κ1) is 20.0. The highest BCUT2D eigenvalue weighted by atomic mass is 16.5. The van der Waals surface area contributed by atoms with Gasteiger partial charge in [0.1, 0.15) is 0 Å². The van der Waals surface area contributed by atoms with Gasteiger partial charge in [-0.05, 0) is 30.2 Å². The second-order valence-electron chi connectivity index (χ2n) is 7.77. The van der Waals surface area contributed by atoms with E-state index in [0.29, 0.717) is 12.5 Å². The van der Waals surface area contributed by atoms with E-state index >= 15 is 0 Å². The molecule has 2 heterocycles. The molecule has 1 aromatic heterocycles. The van der Waals surface area contributed by atoms with Gasteiger partial charge in [0.25, 0.3) is 0 Å². The maximum atomic E-state index is 13.8. The van der Waals surface area contributed by atoms with E-state index < -0.39 is 17.9 Å². The third kappa shape index (κ3) is 3.34. The van der Waals surface area contributed by atoms with Gasteiger partial charge in [0, 0.05) is 0 Å². The molecule has 0 N–H and O–H groups in total. The van der Waals surface area contributed by atoms with Crippen LogP contribution in [0.3, 0.4) is 0 Å². The number of esters is 1. The van der Waals surface area contributed by atoms with E-state index in [1.165, 1.54) is 0 Å². The molecule has 0 fully saturated rings. The van der Waals surface area contributed by atoms with E-state index in [0.717, 1.165) is 22.2 Å². The standard InChI is InChI=1S/C26H23N3O3/c1-2-32-25(31)22-23(19-13-7-4-8-14-19)29-21-16-10-9-15-20(21)27-26(29)28(24(22)30)17-18-11-5-3-6-12-18/h3-16,22-23H,2,17H2,1H3/t22-,23-/m1/s1. The first-order valence-electron chi connectivity index (χ1n) is 10.7. The Kier molecular flexibility index (Phi) is 5.19. The monoisotopic (exact) mass is 425 g/mol. The van der Waals surface area contributed by atoms with Crippen LogP contribution < -0.4 is 4.90 Å². The van der Waals surface area contributed by atoms with E-state index in [9.17, 15) is 9.59 Å². The zero-order chi connectivity index (χ0) is 22.1. The first-order valence-corrected chi connectivity index (χ1v) is 10.7. The minimum absolute atomic E-state index is 0.209. The average Bonchev–Trinajstić information content (AvgIpc) is 3.21. The van der Waals surface area contributed by atoms with Crippen molar-refractivity contribution in [1.29, 1.82) is 0 Å². The third-order valence-corrected chi connectivity index (χ3v) is 5.81. The van der Waals surface area contributed by atoms with Gasteiger partial charge in [-0.1, -0.05) is 72.8 Å². The molecule has 3 aromatic carbocycles. The summed E-state index contributed by atoms with van der Waals surface area (Å²) in [7, 11) is 0. The summed E-state index contributed by atoms with van der Waals surface area (Å²) in [5.41, 5.74) is 3.47. The van der Waals surface area contributed by atoms with Crippen LogP contribution in [0.2, 0.25) is 0 Å². The zero-order valence-corrected chi connectivity index (χ0v) is 17.7. The van der Waals surface area contributed by atoms with Crippen LogP contribution in [0.5, 0.6) is 0 Å². The lowest BCUT2D eigenvalue weighted by Gasteiger charge is -2.38. The van der Waals surface area contributed by atoms with Crippen LogP contribution in [0, 0.1) is 5.92 Å². The van der Waals surface area contributed by atoms with Crippen molar-refractivity contribution in [1.82, 2.24) is 9.55 Å². The van der Waals surface area contributed by atoms with Crippen molar-refractivity contribution in [2.75, 3.05) is 11.5 Å². The molecule has 6 nitrogen and oxygen atoms in total. The highest BCUT2D eigenvalue weighted by molar-refractivity contribution is 6.08. The summed E-state index contributed by atoms with van der Waals surface area (Å²) in [6, 6.07) is 26.6. The van der Waals surface area contributed by atoms with Crippen molar-refractivity contribution < 1.29 is 14.3 Å². The SMILES string of the molecule is CCOC(=O)[C@H]1C(=O)N(Cc2ccccc2)c2nc3ccccc3n2[C@@H]1c1ccccc1. The van der Waals surface area contributed by atoms with Crippen LogP contribution >= 0.6 is 0 Å². The predicted molar refractivity (Wildman–Crippen MR) is 122 cm³/mol. The van der Waals surface area contributed by atoms with E-state index in [1.54, 1.807) is 11.8 Å². The number of amides is 1. The summed E-state index contributed by atoms with van der Waals surface area (Å²) in [4.78, 5) is 33.4. The van der Waals surface area contributed by atoms with Gasteiger partial charge in [-0.15, -0.1) is 0 Å². The number of hydrogen-bond donors (Lipinski definition) is 0. The number of nitrogens with zero attached hydrogens (tertiary/aromatic N) is 3. The lowest BCUT2D eigenvalue weighted by molar-refractivity contribution is -0.153. The Balaban J connectivity index is 1.75.